The van der Waals surface area contributed by atoms with E-state index < -0.39 is 11.6 Å². The molecule has 0 saturated carbocycles. The third kappa shape index (κ3) is 2.68. The van der Waals surface area contributed by atoms with Crippen LogP contribution in [0.4, 0.5) is 8.78 Å². The van der Waals surface area contributed by atoms with Gasteiger partial charge >= 0.3 is 0 Å². The van der Waals surface area contributed by atoms with Crippen LogP contribution in [0.2, 0.25) is 0 Å². The predicted octanol–water partition coefficient (Wildman–Crippen LogP) is 3.98. The molecule has 0 unspecified atom stereocenters. The Kier molecular flexibility index (Phi) is 3.93. The summed E-state index contributed by atoms with van der Waals surface area (Å²) >= 11 is 3.29. The molecule has 0 aliphatic rings. The highest BCUT2D eigenvalue weighted by atomic mass is 79.9. The minimum atomic E-state index is -1.01. The maximum absolute atomic E-state index is 13.4. The van der Waals surface area contributed by atoms with Gasteiger partial charge in [0.2, 0.25) is 5.82 Å². The van der Waals surface area contributed by atoms with E-state index in [0.29, 0.717) is 16.8 Å². The van der Waals surface area contributed by atoms with Crippen molar-refractivity contribution in [3.8, 4) is 11.5 Å². The smallest absolute Gasteiger partial charge is 0.201 e. The molecule has 0 saturated heterocycles. The SMILES string of the molecule is NCc1ccc(Oc2cccc(F)c2F)c(Br)c1. The summed E-state index contributed by atoms with van der Waals surface area (Å²) < 4.78 is 32.4. The van der Waals surface area contributed by atoms with Crippen molar-refractivity contribution in [1.29, 1.82) is 0 Å². The fourth-order valence-electron chi connectivity index (χ4n) is 1.44. The number of ether oxygens (including phenoxy) is 1. The van der Waals surface area contributed by atoms with E-state index in [4.69, 9.17) is 10.5 Å². The molecule has 18 heavy (non-hydrogen) atoms. The van der Waals surface area contributed by atoms with Crippen LogP contribution in [0.3, 0.4) is 0 Å². The molecule has 0 aliphatic carbocycles. The molecule has 0 aromatic heterocycles. The number of nitrogens with two attached hydrogens (primary N) is 1. The van der Waals surface area contributed by atoms with Crippen molar-refractivity contribution in [2.24, 2.45) is 5.73 Å². The molecule has 0 heterocycles. The van der Waals surface area contributed by atoms with Crippen molar-refractivity contribution in [1.82, 2.24) is 0 Å². The molecule has 2 aromatic carbocycles. The molecule has 5 heteroatoms. The van der Waals surface area contributed by atoms with Gasteiger partial charge in [0.25, 0.3) is 0 Å². The Morgan fingerprint density at radius 3 is 2.56 bits per heavy atom. The highest BCUT2D eigenvalue weighted by molar-refractivity contribution is 9.10. The minimum absolute atomic E-state index is 0.156. The molecule has 0 spiro atoms. The van der Waals surface area contributed by atoms with E-state index >= 15 is 0 Å². The van der Waals surface area contributed by atoms with Crippen molar-refractivity contribution in [3.05, 3.63) is 58.1 Å². The van der Waals surface area contributed by atoms with Gasteiger partial charge in [0.1, 0.15) is 5.75 Å². The van der Waals surface area contributed by atoms with Gasteiger partial charge in [0.05, 0.1) is 4.47 Å². The lowest BCUT2D eigenvalue weighted by Crippen LogP contribution is -1.97. The zero-order valence-electron chi connectivity index (χ0n) is 9.29. The van der Waals surface area contributed by atoms with Crippen LogP contribution >= 0.6 is 15.9 Å². The number of halogens is 3. The van der Waals surface area contributed by atoms with E-state index in [-0.39, 0.29) is 5.75 Å². The van der Waals surface area contributed by atoms with Gasteiger partial charge in [-0.05, 0) is 45.8 Å². The zero-order valence-corrected chi connectivity index (χ0v) is 10.9. The second-order valence-corrected chi connectivity index (χ2v) is 4.48. The van der Waals surface area contributed by atoms with Crippen LogP contribution in [-0.2, 0) is 6.54 Å². The molecular formula is C13H10BrF2NO. The van der Waals surface area contributed by atoms with Crippen LogP contribution in [0.25, 0.3) is 0 Å². The number of hydrogen-bond donors (Lipinski definition) is 1. The molecule has 0 fully saturated rings. The molecule has 0 bridgehead atoms. The van der Waals surface area contributed by atoms with E-state index in [9.17, 15) is 8.78 Å². The van der Waals surface area contributed by atoms with Crippen molar-refractivity contribution in [2.45, 2.75) is 6.54 Å². The summed E-state index contributed by atoms with van der Waals surface area (Å²) in [6.07, 6.45) is 0. The third-order valence-electron chi connectivity index (χ3n) is 2.37. The second kappa shape index (κ2) is 5.46. The van der Waals surface area contributed by atoms with Crippen LogP contribution in [0.5, 0.6) is 11.5 Å². The summed E-state index contributed by atoms with van der Waals surface area (Å²) in [5.74, 6) is -1.71. The Bertz CT molecular complexity index is 575. The summed E-state index contributed by atoms with van der Waals surface area (Å²) in [5.41, 5.74) is 6.41. The van der Waals surface area contributed by atoms with Crippen LogP contribution in [0.15, 0.2) is 40.9 Å². The summed E-state index contributed by atoms with van der Waals surface area (Å²) in [7, 11) is 0. The number of hydrogen-bond acceptors (Lipinski definition) is 2. The normalized spacial score (nSPS) is 10.4. The highest BCUT2D eigenvalue weighted by Gasteiger charge is 2.11. The van der Waals surface area contributed by atoms with E-state index in [1.54, 1.807) is 18.2 Å². The first-order valence-corrected chi connectivity index (χ1v) is 6.01. The van der Waals surface area contributed by atoms with Gasteiger partial charge in [-0.2, -0.15) is 4.39 Å². The molecule has 94 valence electrons. The maximum atomic E-state index is 13.4. The molecule has 2 aromatic rings. The Balaban J connectivity index is 2.31. The Morgan fingerprint density at radius 1 is 1.11 bits per heavy atom. The van der Waals surface area contributed by atoms with Gasteiger partial charge in [-0.15, -0.1) is 0 Å². The lowest BCUT2D eigenvalue weighted by atomic mass is 10.2. The van der Waals surface area contributed by atoms with E-state index in [1.165, 1.54) is 12.1 Å². The molecule has 0 aliphatic heterocycles. The van der Waals surface area contributed by atoms with Crippen LogP contribution in [0, 0.1) is 11.6 Å². The van der Waals surface area contributed by atoms with Crippen molar-refractivity contribution < 1.29 is 13.5 Å². The van der Waals surface area contributed by atoms with Crippen molar-refractivity contribution >= 4 is 15.9 Å². The van der Waals surface area contributed by atoms with Gasteiger partial charge in [-0.1, -0.05) is 12.1 Å². The Morgan fingerprint density at radius 2 is 1.89 bits per heavy atom. The van der Waals surface area contributed by atoms with Gasteiger partial charge in [-0.25, -0.2) is 4.39 Å². The standard InChI is InChI=1S/C13H10BrF2NO/c14-9-6-8(7-17)4-5-11(9)18-12-3-1-2-10(15)13(12)16/h1-6H,7,17H2. The zero-order chi connectivity index (χ0) is 13.1. The lowest BCUT2D eigenvalue weighted by molar-refractivity contribution is 0.414. The monoisotopic (exact) mass is 313 g/mol. The minimum Gasteiger partial charge on any atom is -0.453 e. The summed E-state index contributed by atoms with van der Waals surface area (Å²) in [6.45, 7) is 0.396. The first-order chi connectivity index (χ1) is 8.61. The van der Waals surface area contributed by atoms with Crippen LogP contribution < -0.4 is 10.5 Å². The number of rotatable bonds is 3. The highest BCUT2D eigenvalue weighted by Crippen LogP contribution is 2.32. The van der Waals surface area contributed by atoms with E-state index in [1.807, 2.05) is 0 Å². The van der Waals surface area contributed by atoms with Gasteiger partial charge in [0.15, 0.2) is 11.6 Å². The quantitative estimate of drug-likeness (QED) is 0.930. The largest absolute Gasteiger partial charge is 0.453 e. The molecule has 2 N–H and O–H groups in total. The fourth-order valence-corrected chi connectivity index (χ4v) is 1.94. The topological polar surface area (TPSA) is 35.2 Å². The first kappa shape index (κ1) is 13.0. The van der Waals surface area contributed by atoms with Crippen molar-refractivity contribution in [2.75, 3.05) is 0 Å². The molecule has 0 amide bonds. The van der Waals surface area contributed by atoms with Crippen molar-refractivity contribution in [3.63, 3.8) is 0 Å². The van der Waals surface area contributed by atoms with E-state index in [0.717, 1.165) is 11.6 Å². The summed E-state index contributed by atoms with van der Waals surface area (Å²) in [6, 6.07) is 8.97. The maximum Gasteiger partial charge on any atom is 0.201 e. The average Bonchev–Trinajstić information content (AvgIpc) is 2.37. The van der Waals surface area contributed by atoms with Gasteiger partial charge in [-0.3, -0.25) is 0 Å². The van der Waals surface area contributed by atoms with Gasteiger partial charge < -0.3 is 10.5 Å². The second-order valence-electron chi connectivity index (χ2n) is 3.62. The Hall–Kier alpha value is -1.46. The first-order valence-electron chi connectivity index (χ1n) is 5.22. The van der Waals surface area contributed by atoms with E-state index in [2.05, 4.69) is 15.9 Å². The van der Waals surface area contributed by atoms with Crippen LogP contribution in [0.1, 0.15) is 5.56 Å². The van der Waals surface area contributed by atoms with Gasteiger partial charge in [0, 0.05) is 6.54 Å². The predicted molar refractivity (Wildman–Crippen MR) is 68.5 cm³/mol. The number of benzene rings is 2. The Labute approximate surface area is 112 Å². The average molecular weight is 314 g/mol. The molecule has 0 radical (unpaired) electrons. The molecule has 2 rings (SSSR count). The third-order valence-corrected chi connectivity index (χ3v) is 2.99. The molecule has 2 nitrogen and oxygen atoms in total. The lowest BCUT2D eigenvalue weighted by Gasteiger charge is -2.09. The summed E-state index contributed by atoms with van der Waals surface area (Å²) in [4.78, 5) is 0. The molecular weight excluding hydrogens is 304 g/mol. The molecule has 0 atom stereocenters. The fraction of sp³-hybridized carbons (Fsp3) is 0.0769. The summed E-state index contributed by atoms with van der Waals surface area (Å²) in [5, 5.41) is 0. The van der Waals surface area contributed by atoms with Crippen LogP contribution in [-0.4, -0.2) is 0 Å².